The number of aliphatic hydroxyl groups is 1. The van der Waals surface area contributed by atoms with Crippen molar-refractivity contribution in [3.63, 3.8) is 0 Å². The summed E-state index contributed by atoms with van der Waals surface area (Å²) in [4.78, 5) is 4.16. The zero-order valence-electron chi connectivity index (χ0n) is 20.5. The van der Waals surface area contributed by atoms with E-state index in [9.17, 15) is 31.4 Å². The number of aromatic nitrogens is 2. The first-order valence-corrected chi connectivity index (χ1v) is 12.0. The lowest BCUT2D eigenvalue weighted by Crippen LogP contribution is -2.37. The van der Waals surface area contributed by atoms with Crippen LogP contribution >= 0.6 is 0 Å². The van der Waals surface area contributed by atoms with Crippen LogP contribution in [0, 0.1) is 0 Å². The average molecular weight is 559 g/mol. The Morgan fingerprint density at radius 1 is 1.03 bits per heavy atom. The number of aryl methyl sites for hydroxylation is 1. The zero-order chi connectivity index (χ0) is 28.4. The first-order chi connectivity index (χ1) is 18.3. The molecule has 1 fully saturated rings. The number of halogens is 6. The van der Waals surface area contributed by atoms with Crippen LogP contribution in [0.15, 0.2) is 47.0 Å². The summed E-state index contributed by atoms with van der Waals surface area (Å²) < 4.78 is 91.5. The van der Waals surface area contributed by atoms with E-state index in [1.54, 1.807) is 0 Å². The smallest absolute Gasteiger partial charge is 0.419 e. The maximum Gasteiger partial charge on any atom is 0.419 e. The maximum atomic E-state index is 13.8. The van der Waals surface area contributed by atoms with Crippen LogP contribution in [0.2, 0.25) is 0 Å². The standard InChI is InChI=1S/C25H25F6N5O3/c26-24(27,28)16-7-4-14(5-8-16)3-1-2-12-38-19-9-6-15(13-17(19)25(29,30)31)21-34-22(39-35-21)20-18(37)10-11-36(20)23(32)33/h4-9,13,18,20,37H,1-3,10-12H2,(H3,32,33)/p+1/t18-,20-/m0/s1. The summed E-state index contributed by atoms with van der Waals surface area (Å²) in [7, 11) is 0. The van der Waals surface area contributed by atoms with Gasteiger partial charge in [0.25, 0.3) is 5.89 Å². The Morgan fingerprint density at radius 2 is 1.74 bits per heavy atom. The van der Waals surface area contributed by atoms with Crippen molar-refractivity contribution in [3.8, 4) is 17.1 Å². The second kappa shape index (κ2) is 11.1. The van der Waals surface area contributed by atoms with Crippen molar-refractivity contribution in [2.75, 3.05) is 13.2 Å². The number of nitrogens with zero attached hydrogens (tertiary/aromatic N) is 3. The third-order valence-electron chi connectivity index (χ3n) is 6.33. The van der Waals surface area contributed by atoms with E-state index >= 15 is 0 Å². The van der Waals surface area contributed by atoms with E-state index < -0.39 is 35.6 Å². The molecular weight excluding hydrogens is 532 g/mol. The molecule has 14 heteroatoms. The quantitative estimate of drug-likeness (QED) is 0.163. The summed E-state index contributed by atoms with van der Waals surface area (Å²) in [5, 5.41) is 14.0. The molecule has 3 aromatic rings. The molecule has 2 aromatic carbocycles. The second-order valence-electron chi connectivity index (χ2n) is 9.08. The first-order valence-electron chi connectivity index (χ1n) is 12.0. The molecule has 4 rings (SSSR count). The Labute approximate surface area is 218 Å². The zero-order valence-corrected chi connectivity index (χ0v) is 20.5. The Kier molecular flexibility index (Phi) is 8.04. The van der Waals surface area contributed by atoms with Gasteiger partial charge in [-0.3, -0.25) is 16.0 Å². The fourth-order valence-corrected chi connectivity index (χ4v) is 4.33. The van der Waals surface area contributed by atoms with Gasteiger partial charge in [-0.15, -0.1) is 0 Å². The Balaban J connectivity index is 1.41. The third-order valence-corrected chi connectivity index (χ3v) is 6.33. The van der Waals surface area contributed by atoms with Gasteiger partial charge >= 0.3 is 18.3 Å². The normalized spacial score (nSPS) is 18.0. The van der Waals surface area contributed by atoms with Crippen LogP contribution in [0.3, 0.4) is 0 Å². The summed E-state index contributed by atoms with van der Waals surface area (Å²) in [5.41, 5.74) is 10.2. The largest absolute Gasteiger partial charge is 0.493 e. The predicted molar refractivity (Wildman–Crippen MR) is 126 cm³/mol. The number of aliphatic hydroxyl groups excluding tert-OH is 1. The molecule has 0 aliphatic carbocycles. The molecule has 0 spiro atoms. The van der Waals surface area contributed by atoms with Gasteiger partial charge in [0, 0.05) is 12.0 Å². The fourth-order valence-electron chi connectivity index (χ4n) is 4.33. The van der Waals surface area contributed by atoms with E-state index in [-0.39, 0.29) is 35.6 Å². The number of rotatable bonds is 8. The molecule has 1 saturated heterocycles. The highest BCUT2D eigenvalue weighted by molar-refractivity contribution is 5.70. The van der Waals surface area contributed by atoms with Gasteiger partial charge in [0.2, 0.25) is 5.82 Å². The predicted octanol–water partition coefficient (Wildman–Crippen LogP) is 4.27. The number of ether oxygens (including phenoxy) is 1. The molecular formula is C25H26F6N5O3+. The lowest BCUT2D eigenvalue weighted by Gasteiger charge is -2.15. The van der Waals surface area contributed by atoms with E-state index in [4.69, 9.17) is 20.7 Å². The average Bonchev–Trinajstić information content (AvgIpc) is 3.50. The number of hydrogen-bond donors (Lipinski definition) is 3. The molecule has 0 amide bonds. The van der Waals surface area contributed by atoms with Crippen molar-refractivity contribution in [3.05, 3.63) is 65.0 Å². The minimum Gasteiger partial charge on any atom is -0.493 e. The molecule has 0 bridgehead atoms. The van der Waals surface area contributed by atoms with Gasteiger partial charge in [-0.2, -0.15) is 31.3 Å². The van der Waals surface area contributed by atoms with Gasteiger partial charge in [0.15, 0.2) is 6.04 Å². The summed E-state index contributed by atoms with van der Waals surface area (Å²) in [5.74, 6) is -0.595. The van der Waals surface area contributed by atoms with Crippen LogP contribution < -0.4 is 16.2 Å². The molecule has 0 radical (unpaired) electrons. The van der Waals surface area contributed by atoms with Gasteiger partial charge in [-0.25, -0.2) is 0 Å². The van der Waals surface area contributed by atoms with E-state index in [1.165, 1.54) is 22.8 Å². The van der Waals surface area contributed by atoms with Gasteiger partial charge < -0.3 is 14.4 Å². The molecule has 5 N–H and O–H groups in total. The lowest BCUT2D eigenvalue weighted by molar-refractivity contribution is -0.560. The minimum atomic E-state index is -4.74. The number of alkyl halides is 6. The number of nitrogens with two attached hydrogens (primary N) is 2. The summed E-state index contributed by atoms with van der Waals surface area (Å²) >= 11 is 0. The SMILES string of the molecule is NC(N)=[N+]1CC[C@H](O)[C@H]1c1nc(-c2ccc(OCCCCc3ccc(C(F)(F)F)cc3)c(C(F)(F)F)c2)no1. The van der Waals surface area contributed by atoms with E-state index in [0.717, 1.165) is 24.3 Å². The highest BCUT2D eigenvalue weighted by Gasteiger charge is 2.40. The van der Waals surface area contributed by atoms with Gasteiger partial charge in [-0.05, 0) is 55.2 Å². The highest BCUT2D eigenvalue weighted by atomic mass is 19.4. The molecule has 1 aromatic heterocycles. The van der Waals surface area contributed by atoms with Crippen molar-refractivity contribution < 1.29 is 45.3 Å². The molecule has 1 aliphatic rings. The monoisotopic (exact) mass is 558 g/mol. The van der Waals surface area contributed by atoms with Gasteiger partial charge in [0.05, 0.1) is 30.4 Å². The lowest BCUT2D eigenvalue weighted by atomic mass is 10.1. The van der Waals surface area contributed by atoms with Crippen molar-refractivity contribution in [2.45, 2.75) is 50.2 Å². The third kappa shape index (κ3) is 6.61. The van der Waals surface area contributed by atoms with Gasteiger partial charge in [0.1, 0.15) is 5.75 Å². The molecule has 210 valence electrons. The Morgan fingerprint density at radius 3 is 2.38 bits per heavy atom. The molecule has 8 nitrogen and oxygen atoms in total. The summed E-state index contributed by atoms with van der Waals surface area (Å²) in [6, 6.07) is 7.28. The van der Waals surface area contributed by atoms with Crippen LogP contribution in [0.1, 0.15) is 47.9 Å². The minimum absolute atomic E-state index is 0.0238. The molecule has 0 unspecified atom stereocenters. The highest BCUT2D eigenvalue weighted by Crippen LogP contribution is 2.39. The van der Waals surface area contributed by atoms with Crippen molar-refractivity contribution >= 4 is 5.96 Å². The summed E-state index contributed by atoms with van der Waals surface area (Å²) in [6.45, 7) is 0.322. The van der Waals surface area contributed by atoms with Crippen LogP contribution in [-0.2, 0) is 18.8 Å². The maximum absolute atomic E-state index is 13.8. The van der Waals surface area contributed by atoms with Crippen molar-refractivity contribution in [1.82, 2.24) is 10.1 Å². The number of hydrogen-bond acceptors (Lipinski definition) is 5. The van der Waals surface area contributed by atoms with Crippen LogP contribution in [0.25, 0.3) is 11.4 Å². The number of benzene rings is 2. The molecule has 39 heavy (non-hydrogen) atoms. The first kappa shape index (κ1) is 28.2. The van der Waals surface area contributed by atoms with Crippen molar-refractivity contribution in [2.24, 2.45) is 11.5 Å². The Hall–Kier alpha value is -3.81. The van der Waals surface area contributed by atoms with E-state index in [1.807, 2.05) is 0 Å². The molecule has 1 aliphatic heterocycles. The summed E-state index contributed by atoms with van der Waals surface area (Å²) in [6.07, 6.45) is -8.37. The molecule has 2 heterocycles. The Bertz CT molecular complexity index is 1320. The topological polar surface area (TPSA) is 123 Å². The number of unbranched alkanes of at least 4 members (excludes halogenated alkanes) is 1. The second-order valence-corrected chi connectivity index (χ2v) is 9.08. The number of guanidine groups is 1. The molecule has 2 atom stereocenters. The van der Waals surface area contributed by atoms with Crippen LogP contribution in [0.4, 0.5) is 26.3 Å². The van der Waals surface area contributed by atoms with Crippen LogP contribution in [-0.4, -0.2) is 45.0 Å². The van der Waals surface area contributed by atoms with Gasteiger partial charge in [-0.1, -0.05) is 17.3 Å². The van der Waals surface area contributed by atoms with E-state index in [2.05, 4.69) is 10.1 Å². The van der Waals surface area contributed by atoms with Crippen LogP contribution in [0.5, 0.6) is 5.75 Å². The fraction of sp³-hybridized carbons (Fsp3) is 0.400. The molecule has 0 saturated carbocycles. The van der Waals surface area contributed by atoms with Crippen molar-refractivity contribution in [1.29, 1.82) is 0 Å². The van der Waals surface area contributed by atoms with E-state index in [0.29, 0.717) is 37.8 Å².